The second-order valence-electron chi connectivity index (χ2n) is 7.42. The zero-order chi connectivity index (χ0) is 19.3. The van der Waals surface area contributed by atoms with Crippen LogP contribution in [0.5, 0.6) is 0 Å². The summed E-state index contributed by atoms with van der Waals surface area (Å²) in [4.78, 5) is 2.35. The first-order valence-electron chi connectivity index (χ1n) is 10.1. The maximum atomic E-state index is 13.6. The van der Waals surface area contributed by atoms with Crippen molar-refractivity contribution in [2.45, 2.75) is 51.2 Å². The number of tetrazole rings is 1. The van der Waals surface area contributed by atoms with Crippen molar-refractivity contribution in [3.8, 4) is 0 Å². The van der Waals surface area contributed by atoms with E-state index in [-0.39, 0.29) is 11.9 Å². The maximum absolute atomic E-state index is 13.6. The van der Waals surface area contributed by atoms with Crippen molar-refractivity contribution in [2.24, 2.45) is 0 Å². The van der Waals surface area contributed by atoms with Gasteiger partial charge in [-0.1, -0.05) is 62.2 Å². The van der Waals surface area contributed by atoms with Gasteiger partial charge in [-0.3, -0.25) is 4.90 Å². The summed E-state index contributed by atoms with van der Waals surface area (Å²) < 4.78 is 15.6. The minimum absolute atomic E-state index is 0.124. The third kappa shape index (κ3) is 3.97. The van der Waals surface area contributed by atoms with E-state index in [9.17, 15) is 4.39 Å². The SMILES string of the molecule is CCN(Cc1ccccc1)[C@@H](c1ccc(F)cc1)c1nnnn1C1CCCC1. The molecule has 28 heavy (non-hydrogen) atoms. The smallest absolute Gasteiger partial charge is 0.173 e. The molecule has 0 radical (unpaired) electrons. The zero-order valence-corrected chi connectivity index (χ0v) is 16.2. The highest BCUT2D eigenvalue weighted by Crippen LogP contribution is 2.34. The van der Waals surface area contributed by atoms with Crippen LogP contribution in [-0.2, 0) is 6.54 Å². The number of rotatable bonds is 7. The Bertz CT molecular complexity index is 871. The fourth-order valence-corrected chi connectivity index (χ4v) is 4.16. The maximum Gasteiger partial charge on any atom is 0.173 e. The summed E-state index contributed by atoms with van der Waals surface area (Å²) in [5, 5.41) is 12.8. The largest absolute Gasteiger partial charge is 0.286 e. The van der Waals surface area contributed by atoms with Crippen LogP contribution in [0.4, 0.5) is 4.39 Å². The molecule has 0 unspecified atom stereocenters. The summed E-state index contributed by atoms with van der Waals surface area (Å²) in [5.74, 6) is 0.611. The van der Waals surface area contributed by atoms with Crippen molar-refractivity contribution in [1.82, 2.24) is 25.1 Å². The predicted octanol–water partition coefficient (Wildman–Crippen LogP) is 4.54. The Morgan fingerprint density at radius 2 is 1.79 bits per heavy atom. The number of halogens is 1. The lowest BCUT2D eigenvalue weighted by molar-refractivity contribution is 0.211. The molecule has 4 rings (SSSR count). The molecule has 0 N–H and O–H groups in total. The van der Waals surface area contributed by atoms with E-state index in [0.29, 0.717) is 6.04 Å². The van der Waals surface area contributed by atoms with E-state index in [4.69, 9.17) is 0 Å². The highest BCUT2D eigenvalue weighted by atomic mass is 19.1. The molecule has 0 bridgehead atoms. The lowest BCUT2D eigenvalue weighted by atomic mass is 10.0. The first-order valence-corrected chi connectivity index (χ1v) is 10.1. The number of hydrogen-bond acceptors (Lipinski definition) is 4. The Morgan fingerprint density at radius 1 is 1.07 bits per heavy atom. The van der Waals surface area contributed by atoms with Crippen LogP contribution in [0.15, 0.2) is 54.6 Å². The first kappa shape index (κ1) is 18.7. The second-order valence-corrected chi connectivity index (χ2v) is 7.42. The van der Waals surface area contributed by atoms with Crippen molar-refractivity contribution in [1.29, 1.82) is 0 Å². The van der Waals surface area contributed by atoms with E-state index in [1.807, 2.05) is 22.9 Å². The molecule has 1 aliphatic rings. The van der Waals surface area contributed by atoms with Gasteiger partial charge in [0.25, 0.3) is 0 Å². The van der Waals surface area contributed by atoms with Crippen LogP contribution < -0.4 is 0 Å². The van der Waals surface area contributed by atoms with Gasteiger partial charge in [0, 0.05) is 6.54 Å². The summed E-state index contributed by atoms with van der Waals surface area (Å²) in [5.41, 5.74) is 2.24. The molecule has 0 amide bonds. The summed E-state index contributed by atoms with van der Waals surface area (Å²) >= 11 is 0. The van der Waals surface area contributed by atoms with Gasteiger partial charge in [-0.25, -0.2) is 9.07 Å². The number of nitrogens with zero attached hydrogens (tertiary/aromatic N) is 5. The lowest BCUT2D eigenvalue weighted by Gasteiger charge is -2.31. The van der Waals surface area contributed by atoms with Crippen molar-refractivity contribution >= 4 is 0 Å². The van der Waals surface area contributed by atoms with E-state index in [1.165, 1.54) is 30.5 Å². The molecule has 6 heteroatoms. The summed E-state index contributed by atoms with van der Waals surface area (Å²) in [6.07, 6.45) is 4.65. The average molecular weight is 379 g/mol. The molecule has 1 heterocycles. The van der Waals surface area contributed by atoms with Crippen molar-refractivity contribution in [2.75, 3.05) is 6.54 Å². The Morgan fingerprint density at radius 3 is 2.46 bits per heavy atom. The molecule has 1 aromatic heterocycles. The Balaban J connectivity index is 1.73. The Labute approximate surface area is 165 Å². The molecule has 146 valence electrons. The predicted molar refractivity (Wildman–Crippen MR) is 106 cm³/mol. The number of aromatic nitrogens is 4. The van der Waals surface area contributed by atoms with Crippen LogP contribution >= 0.6 is 0 Å². The standard InChI is InChI=1S/C22H26FN5/c1-2-27(16-17-8-4-3-5-9-17)21(18-12-14-19(23)15-13-18)22-24-25-26-28(22)20-10-6-7-11-20/h3-5,8-9,12-15,20-21H,2,6-7,10-11,16H2,1H3/t21-/m0/s1. The van der Waals surface area contributed by atoms with Gasteiger partial charge < -0.3 is 0 Å². The molecule has 1 aliphatic carbocycles. The number of hydrogen-bond donors (Lipinski definition) is 0. The highest BCUT2D eigenvalue weighted by molar-refractivity contribution is 5.26. The van der Waals surface area contributed by atoms with Crippen molar-refractivity contribution in [3.63, 3.8) is 0 Å². The molecular formula is C22H26FN5. The molecule has 1 saturated carbocycles. The Hall–Kier alpha value is -2.60. The van der Waals surface area contributed by atoms with E-state index < -0.39 is 0 Å². The van der Waals surface area contributed by atoms with Crippen molar-refractivity contribution < 1.29 is 4.39 Å². The number of benzene rings is 2. The molecule has 0 spiro atoms. The van der Waals surface area contributed by atoms with E-state index in [2.05, 4.69) is 51.6 Å². The minimum Gasteiger partial charge on any atom is -0.286 e. The molecule has 0 saturated heterocycles. The molecular weight excluding hydrogens is 353 g/mol. The van der Waals surface area contributed by atoms with Crippen LogP contribution in [0.3, 0.4) is 0 Å². The second kappa shape index (κ2) is 8.61. The van der Waals surface area contributed by atoms with Crippen LogP contribution in [0.2, 0.25) is 0 Å². The van der Waals surface area contributed by atoms with Crippen LogP contribution in [0.1, 0.15) is 61.6 Å². The van der Waals surface area contributed by atoms with Gasteiger partial charge in [0.05, 0.1) is 12.1 Å². The van der Waals surface area contributed by atoms with Crippen LogP contribution in [-0.4, -0.2) is 31.7 Å². The van der Waals surface area contributed by atoms with Gasteiger partial charge in [-0.05, 0) is 53.1 Å². The summed E-state index contributed by atoms with van der Waals surface area (Å²) in [6.45, 7) is 3.74. The zero-order valence-electron chi connectivity index (χ0n) is 16.2. The van der Waals surface area contributed by atoms with Gasteiger partial charge in [-0.2, -0.15) is 0 Å². The quantitative estimate of drug-likeness (QED) is 0.605. The van der Waals surface area contributed by atoms with E-state index in [0.717, 1.165) is 37.3 Å². The van der Waals surface area contributed by atoms with E-state index >= 15 is 0 Å². The molecule has 1 fully saturated rings. The van der Waals surface area contributed by atoms with Gasteiger partial charge >= 0.3 is 0 Å². The fourth-order valence-electron chi connectivity index (χ4n) is 4.16. The van der Waals surface area contributed by atoms with Crippen LogP contribution in [0, 0.1) is 5.82 Å². The van der Waals surface area contributed by atoms with Gasteiger partial charge in [0.2, 0.25) is 0 Å². The average Bonchev–Trinajstić information content (AvgIpc) is 3.41. The Kier molecular flexibility index (Phi) is 5.76. The van der Waals surface area contributed by atoms with Crippen LogP contribution in [0.25, 0.3) is 0 Å². The third-order valence-corrected chi connectivity index (χ3v) is 5.62. The summed E-state index contributed by atoms with van der Waals surface area (Å²) in [7, 11) is 0. The normalized spacial score (nSPS) is 16.0. The minimum atomic E-state index is -0.232. The molecule has 1 atom stereocenters. The van der Waals surface area contributed by atoms with E-state index in [1.54, 1.807) is 0 Å². The molecule has 3 aromatic rings. The molecule has 0 aliphatic heterocycles. The lowest BCUT2D eigenvalue weighted by Crippen LogP contribution is -2.32. The monoisotopic (exact) mass is 379 g/mol. The summed E-state index contributed by atoms with van der Waals surface area (Å²) in [6, 6.07) is 17.3. The van der Waals surface area contributed by atoms with Gasteiger partial charge in [-0.15, -0.1) is 5.10 Å². The first-order chi connectivity index (χ1) is 13.8. The van der Waals surface area contributed by atoms with Gasteiger partial charge in [0.15, 0.2) is 5.82 Å². The molecule has 5 nitrogen and oxygen atoms in total. The fraction of sp³-hybridized carbons (Fsp3) is 0.409. The topological polar surface area (TPSA) is 46.8 Å². The third-order valence-electron chi connectivity index (χ3n) is 5.62. The van der Waals surface area contributed by atoms with Crippen molar-refractivity contribution in [3.05, 3.63) is 77.4 Å². The van der Waals surface area contributed by atoms with Gasteiger partial charge in [0.1, 0.15) is 5.82 Å². The molecule has 2 aromatic carbocycles. The highest BCUT2D eigenvalue weighted by Gasteiger charge is 2.30.